The summed E-state index contributed by atoms with van der Waals surface area (Å²) in [6.07, 6.45) is 7.55. The number of hydrogen-bond donors (Lipinski definition) is 2. The van der Waals surface area contributed by atoms with Gasteiger partial charge in [0.25, 0.3) is 0 Å². The zero-order chi connectivity index (χ0) is 19.9. The number of methoxy groups -OCH3 is 1. The smallest absolute Gasteiger partial charge is 0.407 e. The molecule has 0 unspecified atom stereocenters. The average Bonchev–Trinajstić information content (AvgIpc) is 2.67. The molecule has 27 heavy (non-hydrogen) atoms. The number of aliphatic hydroxyl groups excluding tert-OH is 1. The van der Waals surface area contributed by atoms with Crippen molar-refractivity contribution in [2.45, 2.75) is 83.3 Å². The zero-order valence-corrected chi connectivity index (χ0v) is 16.8. The summed E-state index contributed by atoms with van der Waals surface area (Å²) >= 11 is 0. The summed E-state index contributed by atoms with van der Waals surface area (Å²) in [6, 6.07) is 9.02. The predicted octanol–water partition coefficient (Wildman–Crippen LogP) is 4.41. The standard InChI is InChI=1S/C22H35NO4/c1-3-4-5-6-7-8-12-15-19(24)17-21(25)20(23-22(26)27-2)16-18-13-10-9-11-14-18/h9-11,13-14,20-21,25H,3-8,12,15-17H2,1-2H3,(H,23,26)/t20-,21-/m0/s1. The van der Waals surface area contributed by atoms with Crippen LogP contribution in [0.25, 0.3) is 0 Å². The van der Waals surface area contributed by atoms with Crippen molar-refractivity contribution in [1.29, 1.82) is 0 Å². The first-order chi connectivity index (χ1) is 13.1. The summed E-state index contributed by atoms with van der Waals surface area (Å²) < 4.78 is 4.65. The van der Waals surface area contributed by atoms with Gasteiger partial charge in [-0.15, -0.1) is 0 Å². The number of amides is 1. The summed E-state index contributed by atoms with van der Waals surface area (Å²) in [7, 11) is 1.28. The average molecular weight is 378 g/mol. The van der Waals surface area contributed by atoms with Gasteiger partial charge in [0, 0.05) is 12.8 Å². The molecule has 0 aliphatic heterocycles. The molecule has 2 atom stereocenters. The summed E-state index contributed by atoms with van der Waals surface area (Å²) in [6.45, 7) is 2.20. The number of unbranched alkanes of at least 4 members (excludes halogenated alkanes) is 6. The minimum absolute atomic E-state index is 0.0424. The van der Waals surface area contributed by atoms with Crippen LogP contribution >= 0.6 is 0 Å². The highest BCUT2D eigenvalue weighted by Crippen LogP contribution is 2.13. The van der Waals surface area contributed by atoms with Crippen molar-refractivity contribution in [3.63, 3.8) is 0 Å². The Balaban J connectivity index is 2.41. The number of ketones is 1. The summed E-state index contributed by atoms with van der Waals surface area (Å²) in [5.74, 6) is 0.0424. The normalized spacial score (nSPS) is 13.0. The lowest BCUT2D eigenvalue weighted by Crippen LogP contribution is -2.45. The van der Waals surface area contributed by atoms with Crippen LogP contribution in [-0.2, 0) is 16.0 Å². The van der Waals surface area contributed by atoms with Gasteiger partial charge in [0.2, 0.25) is 0 Å². The first-order valence-corrected chi connectivity index (χ1v) is 10.1. The van der Waals surface area contributed by atoms with Gasteiger partial charge in [-0.2, -0.15) is 0 Å². The van der Waals surface area contributed by atoms with E-state index in [9.17, 15) is 14.7 Å². The van der Waals surface area contributed by atoms with E-state index in [1.165, 1.54) is 32.8 Å². The highest BCUT2D eigenvalue weighted by Gasteiger charge is 2.24. The molecule has 0 aromatic heterocycles. The molecule has 2 N–H and O–H groups in total. The van der Waals surface area contributed by atoms with Crippen molar-refractivity contribution in [3.05, 3.63) is 35.9 Å². The van der Waals surface area contributed by atoms with Gasteiger partial charge in [-0.05, 0) is 18.4 Å². The Morgan fingerprint density at radius 1 is 1.04 bits per heavy atom. The maximum Gasteiger partial charge on any atom is 0.407 e. The van der Waals surface area contributed by atoms with Gasteiger partial charge in [0.05, 0.1) is 19.3 Å². The molecule has 1 rings (SSSR count). The summed E-state index contributed by atoms with van der Waals surface area (Å²) in [4.78, 5) is 23.8. The van der Waals surface area contributed by atoms with Gasteiger partial charge in [-0.3, -0.25) is 4.79 Å². The van der Waals surface area contributed by atoms with Crippen LogP contribution in [0.3, 0.4) is 0 Å². The molecule has 1 aromatic rings. The Hall–Kier alpha value is -1.88. The molecule has 0 fully saturated rings. The molecule has 152 valence electrons. The van der Waals surface area contributed by atoms with E-state index in [2.05, 4.69) is 17.0 Å². The third-order valence-electron chi connectivity index (χ3n) is 4.75. The lowest BCUT2D eigenvalue weighted by molar-refractivity contribution is -0.121. The molecule has 0 aliphatic carbocycles. The van der Waals surface area contributed by atoms with Crippen LogP contribution in [0.15, 0.2) is 30.3 Å². The van der Waals surface area contributed by atoms with Gasteiger partial charge in [0.15, 0.2) is 0 Å². The maximum absolute atomic E-state index is 12.2. The highest BCUT2D eigenvalue weighted by atomic mass is 16.5. The predicted molar refractivity (Wildman–Crippen MR) is 108 cm³/mol. The van der Waals surface area contributed by atoms with Crippen LogP contribution in [0, 0.1) is 0 Å². The van der Waals surface area contributed by atoms with E-state index in [4.69, 9.17) is 0 Å². The second-order valence-electron chi connectivity index (χ2n) is 7.11. The van der Waals surface area contributed by atoms with Gasteiger partial charge in [-0.25, -0.2) is 4.79 Å². The topological polar surface area (TPSA) is 75.6 Å². The molecule has 5 nitrogen and oxygen atoms in total. The Bertz CT molecular complexity index is 532. The summed E-state index contributed by atoms with van der Waals surface area (Å²) in [5.41, 5.74) is 0.984. The Kier molecular flexibility index (Phi) is 12.2. The van der Waals surface area contributed by atoms with E-state index < -0.39 is 18.2 Å². The quantitative estimate of drug-likeness (QED) is 0.471. The van der Waals surface area contributed by atoms with Crippen LogP contribution in [0.2, 0.25) is 0 Å². The first-order valence-electron chi connectivity index (χ1n) is 10.1. The number of Topliss-reactive ketones (excluding diaryl/α,β-unsaturated/α-hetero) is 1. The maximum atomic E-state index is 12.2. The number of nitrogens with one attached hydrogen (secondary N) is 1. The molecule has 1 amide bonds. The largest absolute Gasteiger partial charge is 0.453 e. The third-order valence-corrected chi connectivity index (χ3v) is 4.75. The van der Waals surface area contributed by atoms with Crippen molar-refractivity contribution in [2.75, 3.05) is 7.11 Å². The molecule has 0 saturated heterocycles. The highest BCUT2D eigenvalue weighted by molar-refractivity contribution is 5.79. The van der Waals surface area contributed by atoms with Crippen molar-refractivity contribution in [2.24, 2.45) is 0 Å². The van der Waals surface area contributed by atoms with Gasteiger partial charge >= 0.3 is 6.09 Å². The lowest BCUT2D eigenvalue weighted by atomic mass is 9.96. The van der Waals surface area contributed by atoms with Crippen molar-refractivity contribution >= 4 is 11.9 Å². The van der Waals surface area contributed by atoms with Crippen LogP contribution in [0.1, 0.15) is 70.3 Å². The first kappa shape index (κ1) is 23.2. The van der Waals surface area contributed by atoms with Crippen LogP contribution in [-0.4, -0.2) is 36.2 Å². The fourth-order valence-electron chi connectivity index (χ4n) is 3.12. The number of carbonyl (C=O) groups excluding carboxylic acids is 2. The molecular formula is C22H35NO4. The molecule has 0 radical (unpaired) electrons. The Labute approximate surface area is 163 Å². The molecular weight excluding hydrogens is 342 g/mol. The van der Waals surface area contributed by atoms with Crippen LogP contribution < -0.4 is 5.32 Å². The van der Waals surface area contributed by atoms with Crippen LogP contribution in [0.5, 0.6) is 0 Å². The monoisotopic (exact) mass is 377 g/mol. The number of ether oxygens (including phenoxy) is 1. The second kappa shape index (κ2) is 14.2. The molecule has 1 aromatic carbocycles. The number of rotatable bonds is 14. The third kappa shape index (κ3) is 10.8. The van der Waals surface area contributed by atoms with Crippen molar-refractivity contribution < 1.29 is 19.4 Å². The number of hydrogen-bond acceptors (Lipinski definition) is 4. The molecule has 0 saturated carbocycles. The number of alkyl carbamates (subject to hydrolysis) is 1. The molecule has 0 spiro atoms. The minimum Gasteiger partial charge on any atom is -0.453 e. The van der Waals surface area contributed by atoms with E-state index in [0.29, 0.717) is 12.8 Å². The molecule has 5 heteroatoms. The number of aliphatic hydroxyl groups is 1. The molecule has 0 bridgehead atoms. The Morgan fingerprint density at radius 2 is 1.67 bits per heavy atom. The zero-order valence-electron chi connectivity index (χ0n) is 16.8. The molecule has 0 aliphatic rings. The number of benzene rings is 1. The Morgan fingerprint density at radius 3 is 2.30 bits per heavy atom. The second-order valence-corrected chi connectivity index (χ2v) is 7.11. The van der Waals surface area contributed by atoms with E-state index in [1.54, 1.807) is 0 Å². The van der Waals surface area contributed by atoms with Gasteiger partial charge in [0.1, 0.15) is 5.78 Å². The number of carbonyl (C=O) groups is 2. The van der Waals surface area contributed by atoms with Crippen LogP contribution in [0.4, 0.5) is 4.79 Å². The van der Waals surface area contributed by atoms with E-state index in [1.807, 2.05) is 30.3 Å². The lowest BCUT2D eigenvalue weighted by Gasteiger charge is -2.23. The van der Waals surface area contributed by atoms with Crippen molar-refractivity contribution in [1.82, 2.24) is 5.32 Å². The van der Waals surface area contributed by atoms with E-state index in [-0.39, 0.29) is 12.2 Å². The molecule has 0 heterocycles. The SMILES string of the molecule is CCCCCCCCCC(=O)C[C@H](O)[C@H](Cc1ccccc1)NC(=O)OC. The van der Waals surface area contributed by atoms with Gasteiger partial charge < -0.3 is 15.2 Å². The fourth-order valence-corrected chi connectivity index (χ4v) is 3.12. The van der Waals surface area contributed by atoms with E-state index in [0.717, 1.165) is 24.8 Å². The summed E-state index contributed by atoms with van der Waals surface area (Å²) in [5, 5.41) is 13.1. The fraction of sp³-hybridized carbons (Fsp3) is 0.636. The van der Waals surface area contributed by atoms with E-state index >= 15 is 0 Å². The van der Waals surface area contributed by atoms with Gasteiger partial charge in [-0.1, -0.05) is 75.8 Å². The van der Waals surface area contributed by atoms with Crippen molar-refractivity contribution in [3.8, 4) is 0 Å². The minimum atomic E-state index is -0.929.